The topological polar surface area (TPSA) is 115 Å². The molecule has 224 valence electrons. The number of halogens is 1. The van der Waals surface area contributed by atoms with Crippen LogP contribution >= 0.6 is 0 Å². The molecule has 9 nitrogen and oxygen atoms in total. The number of nitrogens with zero attached hydrogens (tertiary/aromatic N) is 3. The first-order chi connectivity index (χ1) is 20.5. The Balaban J connectivity index is 1.35. The van der Waals surface area contributed by atoms with Crippen molar-refractivity contribution >= 4 is 19.1 Å². The lowest BCUT2D eigenvalue weighted by atomic mass is 9.75. The molecule has 3 aromatic heterocycles. The van der Waals surface area contributed by atoms with Crippen molar-refractivity contribution in [3.05, 3.63) is 82.1 Å². The van der Waals surface area contributed by atoms with E-state index in [1.54, 1.807) is 28.8 Å². The number of hydrogen-bond donors (Lipinski definition) is 2. The first-order valence-corrected chi connectivity index (χ1v) is 18.2. The summed E-state index contributed by atoms with van der Waals surface area (Å²) in [5.74, 6) is 0.0999. The number of aromatic amines is 1. The molecule has 0 amide bonds. The monoisotopic (exact) mass is 602 g/mol. The highest BCUT2D eigenvalue weighted by molar-refractivity contribution is 6.76. The van der Waals surface area contributed by atoms with E-state index in [1.165, 1.54) is 6.07 Å². The van der Waals surface area contributed by atoms with Crippen LogP contribution in [0.4, 0.5) is 4.39 Å². The summed E-state index contributed by atoms with van der Waals surface area (Å²) in [7, 11) is -1.31. The quantitative estimate of drug-likeness (QED) is 0.131. The lowest BCUT2D eigenvalue weighted by Gasteiger charge is -2.37. The van der Waals surface area contributed by atoms with E-state index in [1.807, 2.05) is 31.2 Å². The Morgan fingerprint density at radius 3 is 2.53 bits per heavy atom. The molecule has 0 bridgehead atoms. The number of fused-ring (bicyclic) bond motifs is 1. The van der Waals surface area contributed by atoms with Crippen molar-refractivity contribution in [2.24, 2.45) is 0 Å². The highest BCUT2D eigenvalue weighted by Crippen LogP contribution is 2.41. The van der Waals surface area contributed by atoms with Crippen molar-refractivity contribution in [3.8, 4) is 34.3 Å². The molecule has 6 rings (SSSR count). The molecular formula is C32H35FN4O5Si. The summed E-state index contributed by atoms with van der Waals surface area (Å²) in [6.07, 6.45) is 2.47. The molecule has 3 heterocycles. The fourth-order valence-electron chi connectivity index (χ4n) is 5.21. The molecule has 43 heavy (non-hydrogen) atoms. The van der Waals surface area contributed by atoms with Crippen molar-refractivity contribution in [2.75, 3.05) is 6.61 Å². The molecule has 2 aromatic carbocycles. The molecule has 1 aliphatic rings. The first kappa shape index (κ1) is 29.0. The molecule has 0 atom stereocenters. The van der Waals surface area contributed by atoms with Crippen LogP contribution in [0.3, 0.4) is 0 Å². The van der Waals surface area contributed by atoms with Gasteiger partial charge in [-0.1, -0.05) is 55.1 Å². The van der Waals surface area contributed by atoms with Gasteiger partial charge in [-0.3, -0.25) is 14.1 Å². The maximum absolute atomic E-state index is 15.6. The minimum atomic E-state index is -1.31. The summed E-state index contributed by atoms with van der Waals surface area (Å²) in [4.78, 5) is 18.8. The Morgan fingerprint density at radius 1 is 1.12 bits per heavy atom. The van der Waals surface area contributed by atoms with Crippen LogP contribution in [0.25, 0.3) is 33.7 Å². The van der Waals surface area contributed by atoms with Gasteiger partial charge in [0.05, 0.1) is 16.6 Å². The van der Waals surface area contributed by atoms with E-state index >= 15 is 4.39 Å². The van der Waals surface area contributed by atoms with Crippen LogP contribution in [0.5, 0.6) is 11.6 Å². The zero-order valence-electron chi connectivity index (χ0n) is 24.7. The SMILES string of the molecule is Cc1ccc(Oc2cc3nc(-c4ccc(C5(O)CCC5)cc4)c(F)cc3n2COCC[Si](C)(C)C)cc1-c1noc(=O)[nH]1. The number of rotatable bonds is 10. The molecule has 11 heteroatoms. The fraction of sp³-hybridized carbons (Fsp3) is 0.344. The third-order valence-electron chi connectivity index (χ3n) is 8.02. The summed E-state index contributed by atoms with van der Waals surface area (Å²) in [6.45, 7) is 9.48. The van der Waals surface area contributed by atoms with Gasteiger partial charge in [-0.05, 0) is 55.5 Å². The van der Waals surface area contributed by atoms with Crippen LogP contribution in [0, 0.1) is 12.7 Å². The second kappa shape index (κ2) is 11.2. The minimum absolute atomic E-state index is 0.159. The van der Waals surface area contributed by atoms with Gasteiger partial charge in [-0.25, -0.2) is 14.2 Å². The van der Waals surface area contributed by atoms with E-state index in [-0.39, 0.29) is 12.4 Å². The number of aliphatic hydroxyl groups is 1. The van der Waals surface area contributed by atoms with Crippen molar-refractivity contribution in [1.29, 1.82) is 0 Å². The molecule has 2 N–H and O–H groups in total. The largest absolute Gasteiger partial charge is 0.441 e. The predicted molar refractivity (Wildman–Crippen MR) is 164 cm³/mol. The zero-order chi connectivity index (χ0) is 30.4. The van der Waals surface area contributed by atoms with Gasteiger partial charge < -0.3 is 14.6 Å². The third-order valence-corrected chi connectivity index (χ3v) is 9.73. The molecule has 0 unspecified atom stereocenters. The number of aryl methyl sites for hydroxylation is 1. The van der Waals surface area contributed by atoms with Crippen molar-refractivity contribution in [3.63, 3.8) is 0 Å². The maximum atomic E-state index is 15.6. The van der Waals surface area contributed by atoms with E-state index in [9.17, 15) is 9.90 Å². The number of pyridine rings is 1. The van der Waals surface area contributed by atoms with Crippen LogP contribution in [0.1, 0.15) is 30.4 Å². The minimum Gasteiger partial charge on any atom is -0.441 e. The van der Waals surface area contributed by atoms with Crippen LogP contribution in [-0.2, 0) is 17.1 Å². The summed E-state index contributed by atoms with van der Waals surface area (Å²) in [5, 5.41) is 14.5. The zero-order valence-corrected chi connectivity index (χ0v) is 25.7. The van der Waals surface area contributed by atoms with Gasteiger partial charge in [-0.15, -0.1) is 0 Å². The molecule has 0 spiro atoms. The Hall–Kier alpha value is -4.06. The number of benzene rings is 2. The molecular weight excluding hydrogens is 567 g/mol. The lowest BCUT2D eigenvalue weighted by Crippen LogP contribution is -2.33. The smallest absolute Gasteiger partial charge is 0.439 e. The summed E-state index contributed by atoms with van der Waals surface area (Å²) in [6, 6.07) is 16.9. The highest BCUT2D eigenvalue weighted by atomic mass is 28.3. The predicted octanol–water partition coefficient (Wildman–Crippen LogP) is 6.97. The van der Waals surface area contributed by atoms with Gasteiger partial charge in [-0.2, -0.15) is 0 Å². The standard InChI is InChI=1S/C32H35FN4O5Si/c1-20-6-11-23(16-24(20)30-35-31(38)42-36-30)41-28-18-26-27(37(28)19-40-14-15-43(2,3)4)17-25(33)29(34-26)21-7-9-22(10-8-21)32(39)12-5-13-32/h6-11,16-18,39H,5,12-15,19H2,1-4H3,(H,35,36,38). The van der Waals surface area contributed by atoms with Crippen LogP contribution < -0.4 is 10.5 Å². The Bertz CT molecular complexity index is 1830. The molecule has 0 radical (unpaired) electrons. The van der Waals surface area contributed by atoms with Crippen molar-refractivity contribution in [2.45, 2.75) is 64.2 Å². The lowest BCUT2D eigenvalue weighted by molar-refractivity contribution is -0.0387. The van der Waals surface area contributed by atoms with E-state index in [0.29, 0.717) is 46.2 Å². The number of ether oxygens (including phenoxy) is 2. The summed E-state index contributed by atoms with van der Waals surface area (Å²) >= 11 is 0. The Kier molecular flexibility index (Phi) is 7.57. The first-order valence-electron chi connectivity index (χ1n) is 14.4. The van der Waals surface area contributed by atoms with E-state index in [2.05, 4.69) is 34.3 Å². The van der Waals surface area contributed by atoms with Crippen LogP contribution in [-0.4, -0.2) is 39.5 Å². The number of nitrogens with one attached hydrogen (secondary N) is 1. The van der Waals surface area contributed by atoms with Crippen molar-refractivity contribution in [1.82, 2.24) is 19.7 Å². The summed E-state index contributed by atoms with van der Waals surface area (Å²) in [5.41, 5.74) is 3.51. The third kappa shape index (κ3) is 6.06. The second-order valence-electron chi connectivity index (χ2n) is 12.5. The Morgan fingerprint density at radius 2 is 1.88 bits per heavy atom. The normalized spacial score (nSPS) is 14.7. The summed E-state index contributed by atoms with van der Waals surface area (Å²) < 4.78 is 34.5. The van der Waals surface area contributed by atoms with E-state index in [0.717, 1.165) is 36.4 Å². The fourth-order valence-corrected chi connectivity index (χ4v) is 5.97. The van der Waals surface area contributed by atoms with Gasteiger partial charge in [0, 0.05) is 37.9 Å². The molecule has 0 aliphatic heterocycles. The van der Waals surface area contributed by atoms with Gasteiger partial charge in [0.25, 0.3) is 0 Å². The highest BCUT2D eigenvalue weighted by Gasteiger charge is 2.36. The van der Waals surface area contributed by atoms with Gasteiger partial charge in [0.2, 0.25) is 5.88 Å². The van der Waals surface area contributed by atoms with Crippen LogP contribution in [0.2, 0.25) is 25.7 Å². The van der Waals surface area contributed by atoms with Gasteiger partial charge in [0.15, 0.2) is 11.6 Å². The second-order valence-corrected chi connectivity index (χ2v) is 18.1. The van der Waals surface area contributed by atoms with Gasteiger partial charge >= 0.3 is 5.76 Å². The maximum Gasteiger partial charge on any atom is 0.439 e. The molecule has 0 saturated heterocycles. The molecule has 1 saturated carbocycles. The number of aromatic nitrogens is 4. The average molecular weight is 603 g/mol. The number of hydrogen-bond acceptors (Lipinski definition) is 7. The van der Waals surface area contributed by atoms with Gasteiger partial charge in [0.1, 0.15) is 18.2 Å². The van der Waals surface area contributed by atoms with E-state index < -0.39 is 25.2 Å². The average Bonchev–Trinajstić information content (AvgIpc) is 3.52. The number of H-pyrrole nitrogens is 1. The molecule has 1 fully saturated rings. The molecule has 5 aromatic rings. The molecule has 1 aliphatic carbocycles. The van der Waals surface area contributed by atoms with Crippen molar-refractivity contribution < 1.29 is 23.5 Å². The Labute approximate surface area is 249 Å². The van der Waals surface area contributed by atoms with E-state index in [4.69, 9.17) is 14.5 Å². The van der Waals surface area contributed by atoms with Crippen LogP contribution in [0.15, 0.2) is 63.9 Å².